The quantitative estimate of drug-likeness (QED) is 0.553. The fourth-order valence-corrected chi connectivity index (χ4v) is 0.975. The Morgan fingerprint density at radius 2 is 2.40 bits per heavy atom. The van der Waals surface area contributed by atoms with Gasteiger partial charge in [-0.2, -0.15) is 8.78 Å². The Labute approximate surface area is 58.4 Å². The van der Waals surface area contributed by atoms with Gasteiger partial charge in [0.05, 0.1) is 0 Å². The Morgan fingerprint density at radius 1 is 1.70 bits per heavy atom. The van der Waals surface area contributed by atoms with Crippen LogP contribution in [0.5, 0.6) is 0 Å². The summed E-state index contributed by atoms with van der Waals surface area (Å²) in [6.07, 6.45) is 0.513. The maximum Gasteiger partial charge on any atom is 0.270 e. The molecule has 1 unspecified atom stereocenters. The highest BCUT2D eigenvalue weighted by atomic mass is 19.3. The smallest absolute Gasteiger partial charge is 0.270 e. The number of hydrogen-bond donors (Lipinski definition) is 1. The van der Waals surface area contributed by atoms with E-state index in [0.717, 1.165) is 0 Å². The first-order valence-corrected chi connectivity index (χ1v) is 3.13. The average Bonchev–Trinajstić information content (AvgIpc) is 2.34. The Hall–Kier alpha value is -0.700. The molecule has 0 aromatic carbocycles. The number of hydrogen-bond acceptors (Lipinski definition) is 1. The molecule has 0 aliphatic carbocycles. The van der Waals surface area contributed by atoms with Crippen LogP contribution in [-0.4, -0.2) is 12.6 Å². The summed E-state index contributed by atoms with van der Waals surface area (Å²) in [5.74, 6) is 0. The van der Waals surface area contributed by atoms with Gasteiger partial charge in [-0.3, -0.25) is 0 Å². The molecule has 0 saturated carbocycles. The zero-order valence-electron chi connectivity index (χ0n) is 5.53. The van der Waals surface area contributed by atoms with E-state index in [9.17, 15) is 8.78 Å². The van der Waals surface area contributed by atoms with E-state index in [1.54, 1.807) is 6.08 Å². The van der Waals surface area contributed by atoms with Crippen molar-refractivity contribution in [1.82, 2.24) is 5.32 Å². The zero-order chi connectivity index (χ0) is 7.56. The van der Waals surface area contributed by atoms with Crippen LogP contribution >= 0.6 is 0 Å². The van der Waals surface area contributed by atoms with Crippen LogP contribution < -0.4 is 5.32 Å². The summed E-state index contributed by atoms with van der Waals surface area (Å²) in [5, 5.41) is 2.88. The van der Waals surface area contributed by atoms with Crippen molar-refractivity contribution in [3.63, 3.8) is 0 Å². The van der Waals surface area contributed by atoms with Crippen LogP contribution in [0.4, 0.5) is 8.78 Å². The lowest BCUT2D eigenvalue weighted by Crippen LogP contribution is -2.17. The van der Waals surface area contributed by atoms with Crippen molar-refractivity contribution in [3.8, 4) is 0 Å². The van der Waals surface area contributed by atoms with E-state index in [4.69, 9.17) is 0 Å². The second kappa shape index (κ2) is 2.92. The Bertz CT molecular complexity index is 170. The van der Waals surface area contributed by atoms with Crippen molar-refractivity contribution in [1.29, 1.82) is 0 Å². The third kappa shape index (κ3) is 1.42. The van der Waals surface area contributed by atoms with Crippen molar-refractivity contribution in [3.05, 3.63) is 24.3 Å². The van der Waals surface area contributed by atoms with Gasteiger partial charge in [0.15, 0.2) is 0 Å². The third-order valence-corrected chi connectivity index (χ3v) is 1.60. The van der Waals surface area contributed by atoms with Crippen molar-refractivity contribution < 1.29 is 8.78 Å². The molecule has 56 valence electrons. The topological polar surface area (TPSA) is 12.0 Å². The van der Waals surface area contributed by atoms with Crippen LogP contribution in [0.2, 0.25) is 0 Å². The highest BCUT2D eigenvalue weighted by Gasteiger charge is 2.18. The summed E-state index contributed by atoms with van der Waals surface area (Å²) in [4.78, 5) is 0. The van der Waals surface area contributed by atoms with Gasteiger partial charge < -0.3 is 5.32 Å². The van der Waals surface area contributed by atoms with Crippen LogP contribution in [0.25, 0.3) is 0 Å². The molecule has 1 nitrogen and oxygen atoms in total. The molecule has 3 heteroatoms. The standard InChI is InChI=1S/C7H9F2N/c1-2-6-3-5(4-10-6)7(8)9/h2,6,10H,1,3-4H2. The van der Waals surface area contributed by atoms with E-state index < -0.39 is 6.08 Å². The molecule has 1 saturated heterocycles. The van der Waals surface area contributed by atoms with Gasteiger partial charge in [-0.05, 0) is 6.42 Å². The molecule has 10 heavy (non-hydrogen) atoms. The summed E-state index contributed by atoms with van der Waals surface area (Å²) < 4.78 is 23.7. The maximum atomic E-state index is 11.9. The predicted octanol–water partition coefficient (Wildman–Crippen LogP) is 1.68. The van der Waals surface area contributed by atoms with E-state index in [2.05, 4.69) is 11.9 Å². The monoisotopic (exact) mass is 145 g/mol. The van der Waals surface area contributed by atoms with E-state index >= 15 is 0 Å². The maximum absolute atomic E-state index is 11.9. The lowest BCUT2D eigenvalue weighted by atomic mass is 10.2. The summed E-state index contributed by atoms with van der Waals surface area (Å²) in [5.41, 5.74) is 0.213. The fourth-order valence-electron chi connectivity index (χ4n) is 0.975. The first kappa shape index (κ1) is 7.41. The summed E-state index contributed by atoms with van der Waals surface area (Å²) in [6.45, 7) is 3.81. The highest BCUT2D eigenvalue weighted by Crippen LogP contribution is 2.18. The molecule has 0 amide bonds. The van der Waals surface area contributed by atoms with Gasteiger partial charge in [0.2, 0.25) is 0 Å². The molecule has 0 aromatic heterocycles. The fraction of sp³-hybridized carbons (Fsp3) is 0.429. The van der Waals surface area contributed by atoms with Crippen LogP contribution in [0, 0.1) is 0 Å². The third-order valence-electron chi connectivity index (χ3n) is 1.60. The average molecular weight is 145 g/mol. The SMILES string of the molecule is C=CC1CC(=C(F)F)CN1. The molecule has 0 radical (unpaired) electrons. The molecule has 1 atom stereocenters. The van der Waals surface area contributed by atoms with Crippen LogP contribution in [0.15, 0.2) is 24.3 Å². The minimum atomic E-state index is -1.54. The van der Waals surface area contributed by atoms with Gasteiger partial charge in [-0.1, -0.05) is 6.08 Å². The molecule has 1 aliphatic rings. The lowest BCUT2D eigenvalue weighted by Gasteiger charge is -1.97. The number of halogens is 2. The Balaban J connectivity index is 2.59. The molecule has 1 N–H and O–H groups in total. The largest absolute Gasteiger partial charge is 0.306 e. The van der Waals surface area contributed by atoms with Gasteiger partial charge in [0.25, 0.3) is 6.08 Å². The van der Waals surface area contributed by atoms with Gasteiger partial charge in [-0.15, -0.1) is 6.58 Å². The molecule has 0 aromatic rings. The summed E-state index contributed by atoms with van der Waals surface area (Å²) in [7, 11) is 0. The molecular weight excluding hydrogens is 136 g/mol. The predicted molar refractivity (Wildman–Crippen MR) is 35.8 cm³/mol. The van der Waals surface area contributed by atoms with Gasteiger partial charge >= 0.3 is 0 Å². The first-order chi connectivity index (χ1) is 4.74. The normalized spacial score (nSPS) is 25.0. The molecular formula is C7H9F2N. The van der Waals surface area contributed by atoms with Gasteiger partial charge in [0, 0.05) is 18.2 Å². The first-order valence-electron chi connectivity index (χ1n) is 3.13. The van der Waals surface area contributed by atoms with Crippen molar-refractivity contribution in [2.75, 3.05) is 6.54 Å². The lowest BCUT2D eigenvalue weighted by molar-refractivity contribution is 0.409. The molecule has 0 spiro atoms. The van der Waals surface area contributed by atoms with Crippen LogP contribution in [0.1, 0.15) is 6.42 Å². The minimum Gasteiger partial charge on any atom is -0.306 e. The molecule has 1 aliphatic heterocycles. The van der Waals surface area contributed by atoms with Crippen LogP contribution in [-0.2, 0) is 0 Å². The van der Waals surface area contributed by atoms with Crippen molar-refractivity contribution in [2.45, 2.75) is 12.5 Å². The second-order valence-electron chi connectivity index (χ2n) is 2.29. The van der Waals surface area contributed by atoms with E-state index in [1.165, 1.54) is 0 Å². The Morgan fingerprint density at radius 3 is 2.70 bits per heavy atom. The number of nitrogens with one attached hydrogen (secondary N) is 1. The Kier molecular flexibility index (Phi) is 2.17. The molecule has 0 bridgehead atoms. The van der Waals surface area contributed by atoms with Crippen molar-refractivity contribution >= 4 is 0 Å². The van der Waals surface area contributed by atoms with Crippen molar-refractivity contribution in [2.24, 2.45) is 0 Å². The summed E-state index contributed by atoms with van der Waals surface area (Å²) in [6, 6.07) is 0.0384. The van der Waals surface area contributed by atoms with Gasteiger partial charge in [0.1, 0.15) is 0 Å². The van der Waals surface area contributed by atoms with E-state index in [0.29, 0.717) is 13.0 Å². The molecule has 1 rings (SSSR count). The highest BCUT2D eigenvalue weighted by molar-refractivity contribution is 5.15. The second-order valence-corrected chi connectivity index (χ2v) is 2.29. The van der Waals surface area contributed by atoms with Gasteiger partial charge in [-0.25, -0.2) is 0 Å². The zero-order valence-corrected chi connectivity index (χ0v) is 5.53. The molecule has 1 fully saturated rings. The molecule has 1 heterocycles. The van der Waals surface area contributed by atoms with E-state index in [1.807, 2.05) is 0 Å². The van der Waals surface area contributed by atoms with E-state index in [-0.39, 0.29) is 11.6 Å². The minimum absolute atomic E-state index is 0.0384. The summed E-state index contributed by atoms with van der Waals surface area (Å²) >= 11 is 0. The number of rotatable bonds is 1. The van der Waals surface area contributed by atoms with Crippen LogP contribution in [0.3, 0.4) is 0 Å².